The highest BCUT2D eigenvalue weighted by molar-refractivity contribution is 6.31. The lowest BCUT2D eigenvalue weighted by atomic mass is 10.0. The summed E-state index contributed by atoms with van der Waals surface area (Å²) in [6.45, 7) is 0.342. The van der Waals surface area contributed by atoms with Crippen molar-refractivity contribution in [3.63, 3.8) is 0 Å². The van der Waals surface area contributed by atoms with Gasteiger partial charge >= 0.3 is 6.03 Å². The van der Waals surface area contributed by atoms with Crippen LogP contribution in [0.1, 0.15) is 0 Å². The number of carbonyl (C=O) groups is 1. The molecule has 0 radical (unpaired) electrons. The molecule has 1 atom stereocenters. The number of benzene rings is 2. The zero-order chi connectivity index (χ0) is 15.4. The van der Waals surface area contributed by atoms with E-state index in [1.54, 1.807) is 12.1 Å². The van der Waals surface area contributed by atoms with Gasteiger partial charge in [-0.15, -0.1) is 0 Å². The molecule has 0 spiro atoms. The van der Waals surface area contributed by atoms with E-state index in [4.69, 9.17) is 16.3 Å². The number of urea groups is 1. The maximum atomic E-state index is 12.1. The molecule has 1 heterocycles. The van der Waals surface area contributed by atoms with Crippen LogP contribution in [0.5, 0.6) is 0 Å². The highest BCUT2D eigenvalue weighted by Crippen LogP contribution is 2.30. The van der Waals surface area contributed by atoms with Gasteiger partial charge in [0, 0.05) is 10.6 Å². The number of halogens is 1. The Morgan fingerprint density at radius 3 is 2.77 bits per heavy atom. The molecule has 22 heavy (non-hydrogen) atoms. The lowest BCUT2D eigenvalue weighted by Crippen LogP contribution is -2.37. The number of ether oxygens (including phenoxy) is 1. The molecule has 1 aliphatic rings. The lowest BCUT2D eigenvalue weighted by molar-refractivity contribution is 0.242. The van der Waals surface area contributed by atoms with Gasteiger partial charge in [0.05, 0.1) is 5.69 Å². The van der Waals surface area contributed by atoms with Crippen molar-refractivity contribution in [2.75, 3.05) is 11.9 Å². The van der Waals surface area contributed by atoms with Crippen LogP contribution in [0.3, 0.4) is 0 Å². The number of nitrogens with zero attached hydrogens (tertiary/aromatic N) is 1. The fourth-order valence-corrected chi connectivity index (χ4v) is 2.34. The Balaban J connectivity index is 1.81. The van der Waals surface area contributed by atoms with Crippen molar-refractivity contribution in [3.8, 4) is 11.1 Å². The first-order valence-corrected chi connectivity index (χ1v) is 7.16. The van der Waals surface area contributed by atoms with Crippen LogP contribution in [-0.2, 0) is 4.74 Å². The summed E-state index contributed by atoms with van der Waals surface area (Å²) >= 11 is 6.04. The van der Waals surface area contributed by atoms with Gasteiger partial charge in [-0.05, 0) is 17.7 Å². The number of nitrogens with one attached hydrogen (secondary N) is 2. The van der Waals surface area contributed by atoms with Crippen molar-refractivity contribution in [3.05, 3.63) is 53.6 Å². The van der Waals surface area contributed by atoms with Gasteiger partial charge in [0.2, 0.25) is 0 Å². The van der Waals surface area contributed by atoms with E-state index < -0.39 is 0 Å². The maximum Gasteiger partial charge on any atom is 0.321 e. The Kier molecular flexibility index (Phi) is 4.25. The standard InChI is InChI=1S/C16H14ClN3O2/c17-12-6-7-13(11-4-2-1-3-5-11)14(8-12)19-16(21)20-15-9-22-10-18-15/h1-8,10,15H,9H2,(H2,19,20,21)/t15-/m0/s1. The SMILES string of the molecule is O=C(Nc1cc(Cl)ccc1-c1ccccc1)N[C@H]1COC=N1. The summed E-state index contributed by atoms with van der Waals surface area (Å²) < 4.78 is 4.97. The van der Waals surface area contributed by atoms with E-state index in [1.165, 1.54) is 6.40 Å². The fraction of sp³-hybridized carbons (Fsp3) is 0.125. The minimum absolute atomic E-state index is 0.342. The van der Waals surface area contributed by atoms with Crippen molar-refractivity contribution in [1.82, 2.24) is 5.32 Å². The molecule has 2 amide bonds. The number of aliphatic imine (C=N–C) groups is 1. The van der Waals surface area contributed by atoms with E-state index in [9.17, 15) is 4.79 Å². The Morgan fingerprint density at radius 2 is 2.05 bits per heavy atom. The van der Waals surface area contributed by atoms with Gasteiger partial charge in [-0.2, -0.15) is 0 Å². The Hall–Kier alpha value is -2.53. The molecule has 2 N–H and O–H groups in total. The zero-order valence-corrected chi connectivity index (χ0v) is 12.4. The predicted molar refractivity (Wildman–Crippen MR) is 87.3 cm³/mol. The minimum atomic E-state index is -0.362. The molecule has 0 aromatic heterocycles. The highest BCUT2D eigenvalue weighted by atomic mass is 35.5. The Labute approximate surface area is 133 Å². The van der Waals surface area contributed by atoms with Crippen molar-refractivity contribution >= 4 is 29.7 Å². The molecule has 0 fully saturated rings. The molecular weight excluding hydrogens is 302 g/mol. The quantitative estimate of drug-likeness (QED) is 0.910. The average Bonchev–Trinajstić information content (AvgIpc) is 3.01. The van der Waals surface area contributed by atoms with Crippen LogP contribution in [0.4, 0.5) is 10.5 Å². The average molecular weight is 316 g/mol. The van der Waals surface area contributed by atoms with Crippen molar-refractivity contribution in [1.29, 1.82) is 0 Å². The molecule has 0 aliphatic carbocycles. The third kappa shape index (κ3) is 3.38. The molecular formula is C16H14ClN3O2. The lowest BCUT2D eigenvalue weighted by Gasteiger charge is -2.14. The van der Waals surface area contributed by atoms with E-state index in [1.807, 2.05) is 36.4 Å². The van der Waals surface area contributed by atoms with Crippen molar-refractivity contribution < 1.29 is 9.53 Å². The number of hydrogen-bond donors (Lipinski definition) is 2. The predicted octanol–water partition coefficient (Wildman–Crippen LogP) is 3.51. The van der Waals surface area contributed by atoms with Crippen LogP contribution in [-0.4, -0.2) is 25.2 Å². The topological polar surface area (TPSA) is 62.7 Å². The summed E-state index contributed by atoms with van der Waals surface area (Å²) in [5.74, 6) is 0. The Morgan fingerprint density at radius 1 is 1.23 bits per heavy atom. The van der Waals surface area contributed by atoms with Gasteiger partial charge in [-0.25, -0.2) is 9.79 Å². The number of anilines is 1. The first kappa shape index (κ1) is 14.4. The van der Waals surface area contributed by atoms with Crippen LogP contribution >= 0.6 is 11.6 Å². The smallest absolute Gasteiger partial charge is 0.321 e. The van der Waals surface area contributed by atoms with Gasteiger partial charge in [0.25, 0.3) is 0 Å². The fourth-order valence-electron chi connectivity index (χ4n) is 2.17. The van der Waals surface area contributed by atoms with E-state index >= 15 is 0 Å². The number of carbonyl (C=O) groups excluding carboxylic acids is 1. The summed E-state index contributed by atoms with van der Waals surface area (Å²) in [4.78, 5) is 16.0. The van der Waals surface area contributed by atoms with Crippen LogP contribution in [0.2, 0.25) is 5.02 Å². The zero-order valence-electron chi connectivity index (χ0n) is 11.6. The van der Waals surface area contributed by atoms with Crippen LogP contribution in [0, 0.1) is 0 Å². The molecule has 2 aromatic rings. The molecule has 2 aromatic carbocycles. The van der Waals surface area contributed by atoms with Gasteiger partial charge in [0.15, 0.2) is 12.6 Å². The number of hydrogen-bond acceptors (Lipinski definition) is 3. The van der Waals surface area contributed by atoms with Crippen LogP contribution < -0.4 is 10.6 Å². The van der Waals surface area contributed by atoms with E-state index in [0.29, 0.717) is 17.3 Å². The molecule has 6 heteroatoms. The summed E-state index contributed by atoms with van der Waals surface area (Å²) in [5, 5.41) is 6.08. The number of rotatable bonds is 3. The second kappa shape index (κ2) is 6.49. The van der Waals surface area contributed by atoms with E-state index in [2.05, 4.69) is 15.6 Å². The largest absolute Gasteiger partial charge is 0.479 e. The highest BCUT2D eigenvalue weighted by Gasteiger charge is 2.16. The molecule has 0 unspecified atom stereocenters. The van der Waals surface area contributed by atoms with Crippen LogP contribution in [0.25, 0.3) is 11.1 Å². The van der Waals surface area contributed by atoms with Gasteiger partial charge in [-0.1, -0.05) is 48.0 Å². The minimum Gasteiger partial charge on any atom is -0.479 e. The molecule has 3 rings (SSSR count). The first-order chi connectivity index (χ1) is 10.7. The second-order valence-electron chi connectivity index (χ2n) is 4.76. The van der Waals surface area contributed by atoms with Crippen molar-refractivity contribution in [2.24, 2.45) is 4.99 Å². The molecule has 5 nitrogen and oxygen atoms in total. The number of amides is 2. The second-order valence-corrected chi connectivity index (χ2v) is 5.19. The summed E-state index contributed by atoms with van der Waals surface area (Å²) in [6, 6.07) is 14.8. The molecule has 0 bridgehead atoms. The monoisotopic (exact) mass is 315 g/mol. The van der Waals surface area contributed by atoms with E-state index in [-0.39, 0.29) is 12.2 Å². The third-order valence-corrected chi connectivity index (χ3v) is 3.42. The molecule has 1 aliphatic heterocycles. The summed E-state index contributed by atoms with van der Waals surface area (Å²) in [6.07, 6.45) is 0.971. The van der Waals surface area contributed by atoms with Gasteiger partial charge in [-0.3, -0.25) is 0 Å². The Bertz CT molecular complexity index is 704. The van der Waals surface area contributed by atoms with Gasteiger partial charge in [0.1, 0.15) is 6.61 Å². The van der Waals surface area contributed by atoms with Crippen molar-refractivity contribution in [2.45, 2.75) is 6.17 Å². The van der Waals surface area contributed by atoms with Gasteiger partial charge < -0.3 is 15.4 Å². The third-order valence-electron chi connectivity index (χ3n) is 3.18. The summed E-state index contributed by atoms with van der Waals surface area (Å²) in [7, 11) is 0. The van der Waals surface area contributed by atoms with E-state index in [0.717, 1.165) is 11.1 Å². The summed E-state index contributed by atoms with van der Waals surface area (Å²) in [5.41, 5.74) is 2.53. The molecule has 0 saturated carbocycles. The maximum absolute atomic E-state index is 12.1. The normalized spacial score (nSPS) is 16.1. The van der Waals surface area contributed by atoms with Crippen LogP contribution in [0.15, 0.2) is 53.5 Å². The molecule has 112 valence electrons. The molecule has 0 saturated heterocycles. The first-order valence-electron chi connectivity index (χ1n) is 6.78.